The summed E-state index contributed by atoms with van der Waals surface area (Å²) in [5.41, 5.74) is 0.651. The second-order valence-electron chi connectivity index (χ2n) is 5.17. The Morgan fingerprint density at radius 1 is 1.40 bits per heavy atom. The summed E-state index contributed by atoms with van der Waals surface area (Å²) in [6.07, 6.45) is 3.04. The van der Waals surface area contributed by atoms with Crippen LogP contribution in [0.5, 0.6) is 0 Å². The zero-order valence-corrected chi connectivity index (χ0v) is 13.8. The van der Waals surface area contributed by atoms with Crippen molar-refractivity contribution >= 4 is 33.2 Å². The van der Waals surface area contributed by atoms with Crippen molar-refractivity contribution in [1.82, 2.24) is 4.31 Å². The van der Waals surface area contributed by atoms with Gasteiger partial charge in [-0.15, -0.1) is 11.6 Å². The maximum absolute atomic E-state index is 12.7. The molecule has 0 spiro atoms. The Bertz CT molecular complexity index is 575. The van der Waals surface area contributed by atoms with Crippen LogP contribution in [-0.4, -0.2) is 25.8 Å². The van der Waals surface area contributed by atoms with Crippen molar-refractivity contribution in [2.45, 2.75) is 37.0 Å². The molecule has 1 aromatic rings. The summed E-state index contributed by atoms with van der Waals surface area (Å²) in [6.45, 7) is 3.31. The van der Waals surface area contributed by atoms with Crippen molar-refractivity contribution in [2.24, 2.45) is 5.92 Å². The van der Waals surface area contributed by atoms with Gasteiger partial charge < -0.3 is 0 Å². The molecule has 1 aliphatic heterocycles. The number of rotatable bonds is 4. The lowest BCUT2D eigenvalue weighted by Gasteiger charge is -2.31. The van der Waals surface area contributed by atoms with Crippen molar-refractivity contribution in [1.29, 1.82) is 0 Å². The predicted octanol–water partition coefficient (Wildman–Crippen LogP) is 3.89. The molecule has 0 N–H and O–H groups in total. The van der Waals surface area contributed by atoms with Gasteiger partial charge in [0.05, 0.1) is 4.90 Å². The van der Waals surface area contributed by atoms with E-state index < -0.39 is 10.0 Å². The molecule has 1 heterocycles. The first-order chi connectivity index (χ1) is 9.48. The molecule has 1 saturated heterocycles. The number of piperidine rings is 1. The van der Waals surface area contributed by atoms with Gasteiger partial charge in [-0.2, -0.15) is 4.31 Å². The number of benzene rings is 1. The molecule has 1 aromatic carbocycles. The molecule has 1 atom stereocenters. The van der Waals surface area contributed by atoms with Crippen LogP contribution in [0.2, 0.25) is 5.02 Å². The molecular weight excluding hydrogens is 317 g/mol. The molecule has 112 valence electrons. The Balaban J connectivity index is 2.30. The summed E-state index contributed by atoms with van der Waals surface area (Å²) in [6, 6.07) is 4.75. The average Bonchev–Trinajstić information content (AvgIpc) is 2.47. The molecule has 6 heteroatoms. The molecule has 20 heavy (non-hydrogen) atoms. The highest BCUT2D eigenvalue weighted by Gasteiger charge is 2.29. The lowest BCUT2D eigenvalue weighted by atomic mass is 9.97. The molecule has 1 unspecified atom stereocenters. The molecule has 0 bridgehead atoms. The summed E-state index contributed by atoms with van der Waals surface area (Å²) >= 11 is 11.8. The first kappa shape index (κ1) is 16.1. The van der Waals surface area contributed by atoms with Crippen molar-refractivity contribution in [3.63, 3.8) is 0 Å². The highest BCUT2D eigenvalue weighted by atomic mass is 35.5. The molecule has 2 rings (SSSR count). The lowest BCUT2D eigenvalue weighted by Crippen LogP contribution is -2.39. The van der Waals surface area contributed by atoms with E-state index in [2.05, 4.69) is 6.92 Å². The zero-order chi connectivity index (χ0) is 14.8. The number of alkyl halides is 1. The number of hydrogen-bond acceptors (Lipinski definition) is 2. The Hall–Kier alpha value is -0.290. The van der Waals surface area contributed by atoms with Crippen LogP contribution in [0.1, 0.15) is 31.7 Å². The number of halogens is 2. The summed E-state index contributed by atoms with van der Waals surface area (Å²) in [5, 5.41) is 0.504. The van der Waals surface area contributed by atoms with Crippen LogP contribution in [0.15, 0.2) is 23.1 Å². The second-order valence-corrected chi connectivity index (χ2v) is 7.78. The smallest absolute Gasteiger partial charge is 0.207 e. The number of hydrogen-bond donors (Lipinski definition) is 0. The lowest BCUT2D eigenvalue weighted by molar-refractivity contribution is 0.261. The summed E-state index contributed by atoms with van der Waals surface area (Å²) in [5.74, 6) is 0.665. The minimum Gasteiger partial charge on any atom is -0.207 e. The predicted molar refractivity (Wildman–Crippen MR) is 82.8 cm³/mol. The quantitative estimate of drug-likeness (QED) is 0.782. The van der Waals surface area contributed by atoms with Gasteiger partial charge in [-0.3, -0.25) is 0 Å². The van der Waals surface area contributed by atoms with Gasteiger partial charge in [-0.05, 0) is 42.5 Å². The standard InChI is InChI=1S/C14H19Cl2NO2S/c1-2-11-4-3-7-17(10-11)20(18,19)13-5-6-14(16)12(8-13)9-15/h5-6,8,11H,2-4,7,9-10H2,1H3. The van der Waals surface area contributed by atoms with Crippen LogP contribution in [0.3, 0.4) is 0 Å². The monoisotopic (exact) mass is 335 g/mol. The summed E-state index contributed by atoms with van der Waals surface area (Å²) in [7, 11) is -3.44. The molecular formula is C14H19Cl2NO2S. The summed E-state index contributed by atoms with van der Waals surface area (Å²) < 4.78 is 26.9. The van der Waals surface area contributed by atoms with Crippen molar-refractivity contribution < 1.29 is 8.42 Å². The number of nitrogens with zero attached hydrogens (tertiary/aromatic N) is 1. The van der Waals surface area contributed by atoms with Crippen LogP contribution in [0.4, 0.5) is 0 Å². The summed E-state index contributed by atoms with van der Waals surface area (Å²) in [4.78, 5) is 0.286. The Kier molecular flexibility index (Phi) is 5.35. The molecule has 0 radical (unpaired) electrons. The second kappa shape index (κ2) is 6.65. The van der Waals surface area contributed by atoms with Gasteiger partial charge in [0.1, 0.15) is 0 Å². The highest BCUT2D eigenvalue weighted by molar-refractivity contribution is 7.89. The maximum Gasteiger partial charge on any atom is 0.243 e. The maximum atomic E-state index is 12.7. The van der Waals surface area contributed by atoms with Gasteiger partial charge in [0, 0.05) is 24.0 Å². The van der Waals surface area contributed by atoms with E-state index in [9.17, 15) is 8.42 Å². The minimum atomic E-state index is -3.44. The van der Waals surface area contributed by atoms with Crippen molar-refractivity contribution in [3.05, 3.63) is 28.8 Å². The third-order valence-corrected chi connectivity index (χ3v) is 6.38. The normalized spacial score (nSPS) is 21.1. The van der Waals surface area contributed by atoms with E-state index in [1.165, 1.54) is 0 Å². The van der Waals surface area contributed by atoms with Crippen LogP contribution in [0, 0.1) is 5.92 Å². The van der Waals surface area contributed by atoms with E-state index in [-0.39, 0.29) is 10.8 Å². The first-order valence-corrected chi connectivity index (χ1v) is 9.18. The van der Waals surface area contributed by atoms with Crippen LogP contribution in [0.25, 0.3) is 0 Å². The van der Waals surface area contributed by atoms with Gasteiger partial charge in [0.2, 0.25) is 10.0 Å². The molecule has 0 aliphatic carbocycles. The SMILES string of the molecule is CCC1CCCN(S(=O)(=O)c2ccc(Cl)c(CCl)c2)C1. The van der Waals surface area contributed by atoms with Gasteiger partial charge in [-0.1, -0.05) is 24.9 Å². The zero-order valence-electron chi connectivity index (χ0n) is 11.5. The van der Waals surface area contributed by atoms with E-state index >= 15 is 0 Å². The fourth-order valence-corrected chi connectivity index (χ4v) is 4.62. The topological polar surface area (TPSA) is 37.4 Å². The highest BCUT2D eigenvalue weighted by Crippen LogP contribution is 2.28. The minimum absolute atomic E-state index is 0.208. The molecule has 3 nitrogen and oxygen atoms in total. The third-order valence-electron chi connectivity index (χ3n) is 3.86. The van der Waals surface area contributed by atoms with Gasteiger partial charge >= 0.3 is 0 Å². The van der Waals surface area contributed by atoms with Crippen molar-refractivity contribution in [2.75, 3.05) is 13.1 Å². The fraction of sp³-hybridized carbons (Fsp3) is 0.571. The van der Waals surface area contributed by atoms with Crippen LogP contribution in [-0.2, 0) is 15.9 Å². The largest absolute Gasteiger partial charge is 0.243 e. The Morgan fingerprint density at radius 3 is 2.80 bits per heavy atom. The Labute approximate surface area is 130 Å². The van der Waals surface area contributed by atoms with E-state index in [1.54, 1.807) is 22.5 Å². The van der Waals surface area contributed by atoms with E-state index in [0.717, 1.165) is 19.3 Å². The molecule has 0 aromatic heterocycles. The van der Waals surface area contributed by atoms with E-state index in [1.807, 2.05) is 0 Å². The van der Waals surface area contributed by atoms with Gasteiger partial charge in [0.25, 0.3) is 0 Å². The van der Waals surface area contributed by atoms with Crippen LogP contribution >= 0.6 is 23.2 Å². The van der Waals surface area contributed by atoms with E-state index in [0.29, 0.717) is 29.6 Å². The Morgan fingerprint density at radius 2 is 2.15 bits per heavy atom. The molecule has 0 amide bonds. The first-order valence-electron chi connectivity index (χ1n) is 6.83. The number of sulfonamides is 1. The molecule has 1 fully saturated rings. The average molecular weight is 336 g/mol. The molecule has 0 saturated carbocycles. The fourth-order valence-electron chi connectivity index (χ4n) is 2.54. The third kappa shape index (κ3) is 3.30. The van der Waals surface area contributed by atoms with Crippen molar-refractivity contribution in [3.8, 4) is 0 Å². The van der Waals surface area contributed by atoms with Crippen LogP contribution < -0.4 is 0 Å². The van der Waals surface area contributed by atoms with Gasteiger partial charge in [0.15, 0.2) is 0 Å². The van der Waals surface area contributed by atoms with E-state index in [4.69, 9.17) is 23.2 Å². The van der Waals surface area contributed by atoms with Gasteiger partial charge in [-0.25, -0.2) is 8.42 Å². The molecule has 1 aliphatic rings.